The van der Waals surface area contributed by atoms with Crippen LogP contribution in [0.3, 0.4) is 0 Å². The highest BCUT2D eigenvalue weighted by Gasteiger charge is 2.47. The fourth-order valence-corrected chi connectivity index (χ4v) is 5.11. The highest BCUT2D eigenvalue weighted by atomic mass is 16.5. The third kappa shape index (κ3) is 4.98. The topological polar surface area (TPSA) is 88.8 Å². The molecule has 5 rings (SSSR count). The maximum atomic E-state index is 13.6. The number of nitrogens with zero attached hydrogens (tertiary/aromatic N) is 4. The van der Waals surface area contributed by atoms with Gasteiger partial charge in [0.1, 0.15) is 12.3 Å². The number of aryl methyl sites for hydroxylation is 1. The third-order valence-corrected chi connectivity index (χ3v) is 6.91. The van der Waals surface area contributed by atoms with E-state index >= 15 is 0 Å². The van der Waals surface area contributed by atoms with Gasteiger partial charge in [-0.2, -0.15) is 4.98 Å². The lowest BCUT2D eigenvalue weighted by atomic mass is 9.81. The van der Waals surface area contributed by atoms with Crippen molar-refractivity contribution in [3.8, 4) is 17.1 Å². The van der Waals surface area contributed by atoms with Crippen molar-refractivity contribution in [3.63, 3.8) is 0 Å². The van der Waals surface area contributed by atoms with Crippen LogP contribution in [0.5, 0.6) is 5.75 Å². The summed E-state index contributed by atoms with van der Waals surface area (Å²) in [5.74, 6) is 1.32. The number of urea groups is 1. The van der Waals surface area contributed by atoms with Crippen LogP contribution < -0.4 is 4.74 Å². The Kier molecular flexibility index (Phi) is 6.76. The van der Waals surface area contributed by atoms with Gasteiger partial charge in [0, 0.05) is 11.6 Å². The van der Waals surface area contributed by atoms with Crippen LogP contribution in [0.25, 0.3) is 11.4 Å². The van der Waals surface area contributed by atoms with E-state index in [0.717, 1.165) is 48.1 Å². The summed E-state index contributed by atoms with van der Waals surface area (Å²) in [6.45, 7) is 6.42. The van der Waals surface area contributed by atoms with E-state index in [0.29, 0.717) is 11.7 Å². The van der Waals surface area contributed by atoms with Gasteiger partial charge in [0.15, 0.2) is 0 Å². The molecular weight excluding hydrogens is 456 g/mol. The van der Waals surface area contributed by atoms with E-state index < -0.39 is 0 Å². The Hall–Kier alpha value is -3.68. The van der Waals surface area contributed by atoms with Crippen molar-refractivity contribution < 1.29 is 18.8 Å². The molecule has 0 radical (unpaired) electrons. The van der Waals surface area contributed by atoms with Crippen molar-refractivity contribution in [1.82, 2.24) is 19.9 Å². The number of benzene rings is 2. The van der Waals surface area contributed by atoms with Gasteiger partial charge >= 0.3 is 6.03 Å². The lowest BCUT2D eigenvalue weighted by Crippen LogP contribution is -2.61. The molecule has 1 aliphatic carbocycles. The van der Waals surface area contributed by atoms with Crippen molar-refractivity contribution in [2.75, 3.05) is 0 Å². The normalized spacial score (nSPS) is 20.1. The number of rotatable bonds is 7. The minimum Gasteiger partial charge on any atom is -0.491 e. The number of aromatic nitrogens is 2. The Morgan fingerprint density at radius 1 is 1.00 bits per heavy atom. The summed E-state index contributed by atoms with van der Waals surface area (Å²) in [5.41, 5.74) is 2.87. The maximum Gasteiger partial charge on any atom is 0.327 e. The van der Waals surface area contributed by atoms with Gasteiger partial charge in [0.05, 0.1) is 18.6 Å². The smallest absolute Gasteiger partial charge is 0.327 e. The number of hydrogen-bond donors (Lipinski definition) is 0. The number of imide groups is 1. The molecule has 2 aliphatic rings. The summed E-state index contributed by atoms with van der Waals surface area (Å²) >= 11 is 0. The van der Waals surface area contributed by atoms with E-state index in [1.165, 1.54) is 4.90 Å². The zero-order chi connectivity index (χ0) is 25.2. The van der Waals surface area contributed by atoms with Gasteiger partial charge in [-0.05, 0) is 63.4 Å². The quantitative estimate of drug-likeness (QED) is 0.445. The molecule has 1 saturated heterocycles. The minimum absolute atomic E-state index is 0.0727. The molecule has 188 valence electrons. The first kappa shape index (κ1) is 24.0. The van der Waals surface area contributed by atoms with Gasteiger partial charge in [0.25, 0.3) is 0 Å². The average Bonchev–Trinajstić information content (AvgIpc) is 3.34. The SMILES string of the molecule is Cc1ccc(CN2C(=O)C3CCCCC3N(Cc3nc(-c4ccc(OC(C)C)cc4)no3)C2=O)cc1. The second kappa shape index (κ2) is 10.1. The number of carbonyl (C=O) groups excluding carboxylic acids is 2. The Labute approximate surface area is 211 Å². The molecule has 1 aliphatic heterocycles. The Morgan fingerprint density at radius 3 is 2.44 bits per heavy atom. The third-order valence-electron chi connectivity index (χ3n) is 6.91. The van der Waals surface area contributed by atoms with E-state index in [9.17, 15) is 9.59 Å². The zero-order valence-corrected chi connectivity index (χ0v) is 21.0. The molecule has 2 heterocycles. The lowest BCUT2D eigenvalue weighted by Gasteiger charge is -2.46. The fraction of sp³-hybridized carbons (Fsp3) is 0.429. The Balaban J connectivity index is 1.35. The maximum absolute atomic E-state index is 13.6. The van der Waals surface area contributed by atoms with Crippen LogP contribution in [0.1, 0.15) is 56.5 Å². The van der Waals surface area contributed by atoms with Gasteiger partial charge in [0.2, 0.25) is 17.6 Å². The van der Waals surface area contributed by atoms with Crippen molar-refractivity contribution in [2.24, 2.45) is 5.92 Å². The first-order valence-corrected chi connectivity index (χ1v) is 12.7. The van der Waals surface area contributed by atoms with E-state index in [1.807, 2.05) is 69.3 Å². The van der Waals surface area contributed by atoms with E-state index in [1.54, 1.807) is 4.90 Å². The van der Waals surface area contributed by atoms with Crippen LogP contribution in [0.2, 0.25) is 0 Å². The molecule has 3 aromatic rings. The second-order valence-electron chi connectivity index (χ2n) is 9.98. The first-order chi connectivity index (χ1) is 17.4. The van der Waals surface area contributed by atoms with Gasteiger partial charge in [-0.1, -0.05) is 47.8 Å². The summed E-state index contributed by atoms with van der Waals surface area (Å²) < 4.78 is 11.2. The van der Waals surface area contributed by atoms with Crippen molar-refractivity contribution in [2.45, 2.75) is 71.7 Å². The number of hydrogen-bond acceptors (Lipinski definition) is 6. The standard InChI is InChI=1S/C28H32N4O4/c1-18(2)35-22-14-12-21(13-15-22)26-29-25(36-30-26)17-31-24-7-5-4-6-23(24)27(33)32(28(31)34)16-20-10-8-19(3)9-11-20/h8-15,18,23-24H,4-7,16-17H2,1-3H3. The molecule has 2 atom stereocenters. The van der Waals surface area contributed by atoms with Crippen molar-refractivity contribution in [3.05, 3.63) is 65.5 Å². The van der Waals surface area contributed by atoms with Gasteiger partial charge in [-0.15, -0.1) is 0 Å². The average molecular weight is 489 g/mol. The summed E-state index contributed by atoms with van der Waals surface area (Å²) in [6, 6.07) is 15.0. The predicted molar refractivity (Wildman–Crippen MR) is 134 cm³/mol. The van der Waals surface area contributed by atoms with Crippen LogP contribution in [0.4, 0.5) is 4.79 Å². The lowest BCUT2D eigenvalue weighted by molar-refractivity contribution is -0.141. The molecule has 8 heteroatoms. The first-order valence-electron chi connectivity index (χ1n) is 12.7. The number of ether oxygens (including phenoxy) is 1. The van der Waals surface area contributed by atoms with Crippen molar-refractivity contribution in [1.29, 1.82) is 0 Å². The Morgan fingerprint density at radius 2 is 1.72 bits per heavy atom. The van der Waals surface area contributed by atoms with E-state index in [2.05, 4.69) is 10.1 Å². The van der Waals surface area contributed by atoms with Crippen LogP contribution in [0, 0.1) is 12.8 Å². The summed E-state index contributed by atoms with van der Waals surface area (Å²) in [5, 5.41) is 4.14. The number of carbonyl (C=O) groups is 2. The number of fused-ring (bicyclic) bond motifs is 1. The molecular formula is C28H32N4O4. The molecule has 1 saturated carbocycles. The van der Waals surface area contributed by atoms with Gasteiger partial charge < -0.3 is 14.2 Å². The van der Waals surface area contributed by atoms with Crippen LogP contribution in [-0.2, 0) is 17.9 Å². The number of amides is 3. The highest BCUT2D eigenvalue weighted by molar-refractivity contribution is 5.98. The van der Waals surface area contributed by atoms with Crippen LogP contribution in [-0.4, -0.2) is 44.0 Å². The van der Waals surface area contributed by atoms with Crippen molar-refractivity contribution >= 4 is 11.9 Å². The fourth-order valence-electron chi connectivity index (χ4n) is 5.11. The molecule has 3 amide bonds. The summed E-state index contributed by atoms with van der Waals surface area (Å²) in [6.07, 6.45) is 3.68. The second-order valence-corrected chi connectivity index (χ2v) is 9.98. The predicted octanol–water partition coefficient (Wildman–Crippen LogP) is 5.36. The van der Waals surface area contributed by atoms with E-state index in [-0.39, 0.29) is 43.1 Å². The monoisotopic (exact) mass is 488 g/mol. The summed E-state index contributed by atoms with van der Waals surface area (Å²) in [7, 11) is 0. The van der Waals surface area contributed by atoms with Gasteiger partial charge in [-0.3, -0.25) is 9.69 Å². The minimum atomic E-state index is -0.293. The molecule has 1 aromatic heterocycles. The molecule has 0 bridgehead atoms. The van der Waals surface area contributed by atoms with E-state index in [4.69, 9.17) is 9.26 Å². The molecule has 36 heavy (non-hydrogen) atoms. The Bertz CT molecular complexity index is 1220. The molecule has 8 nitrogen and oxygen atoms in total. The molecule has 0 N–H and O–H groups in total. The molecule has 0 spiro atoms. The van der Waals surface area contributed by atoms with Crippen LogP contribution in [0.15, 0.2) is 53.1 Å². The molecule has 2 unspecified atom stereocenters. The highest BCUT2D eigenvalue weighted by Crippen LogP contribution is 2.36. The molecule has 2 fully saturated rings. The van der Waals surface area contributed by atoms with Crippen LogP contribution >= 0.6 is 0 Å². The van der Waals surface area contributed by atoms with Gasteiger partial charge in [-0.25, -0.2) is 4.79 Å². The zero-order valence-electron chi connectivity index (χ0n) is 21.0. The summed E-state index contributed by atoms with van der Waals surface area (Å²) in [4.78, 5) is 34.6. The molecule has 2 aromatic carbocycles. The largest absolute Gasteiger partial charge is 0.491 e.